The van der Waals surface area contributed by atoms with Crippen LogP contribution in [0.5, 0.6) is 0 Å². The first-order valence-electron chi connectivity index (χ1n) is 8.85. The maximum Gasteiger partial charge on any atom is 0.410 e. The van der Waals surface area contributed by atoms with Gasteiger partial charge in [-0.1, -0.05) is 17.7 Å². The van der Waals surface area contributed by atoms with Gasteiger partial charge in [-0.3, -0.25) is 4.90 Å². The van der Waals surface area contributed by atoms with Crippen LogP contribution >= 0.6 is 0 Å². The largest absolute Gasteiger partial charge is 0.480 e. The van der Waals surface area contributed by atoms with E-state index in [-0.39, 0.29) is 17.0 Å². The first-order chi connectivity index (χ1) is 13.3. The highest BCUT2D eigenvalue weighted by Gasteiger charge is 2.32. The van der Waals surface area contributed by atoms with E-state index in [1.807, 2.05) is 6.92 Å². The van der Waals surface area contributed by atoms with Crippen LogP contribution in [0, 0.1) is 6.92 Å². The smallest absolute Gasteiger partial charge is 0.410 e. The molecular formula is C19H25N3O6S. The highest BCUT2D eigenvalue weighted by molar-refractivity contribution is 7.90. The zero-order chi connectivity index (χ0) is 22.0. The summed E-state index contributed by atoms with van der Waals surface area (Å²) in [6.45, 7) is 6.83. The normalized spacial score (nSPS) is 13.0. The molecule has 0 radical (unpaired) electrons. The van der Waals surface area contributed by atoms with Gasteiger partial charge in [-0.05, 0) is 39.8 Å². The molecule has 0 aliphatic rings. The Morgan fingerprint density at radius 2 is 1.83 bits per heavy atom. The summed E-state index contributed by atoms with van der Waals surface area (Å²) < 4.78 is 32.0. The number of amides is 1. The summed E-state index contributed by atoms with van der Waals surface area (Å²) >= 11 is 0. The van der Waals surface area contributed by atoms with Gasteiger partial charge >= 0.3 is 12.1 Å². The van der Waals surface area contributed by atoms with Crippen LogP contribution in [0.1, 0.15) is 32.0 Å². The average molecular weight is 423 g/mol. The summed E-state index contributed by atoms with van der Waals surface area (Å²) in [6, 6.07) is 4.93. The molecule has 0 saturated carbocycles. The lowest BCUT2D eigenvalue weighted by atomic mass is 10.1. The highest BCUT2D eigenvalue weighted by Crippen LogP contribution is 2.19. The van der Waals surface area contributed by atoms with Crippen LogP contribution in [-0.4, -0.2) is 58.1 Å². The molecule has 0 bridgehead atoms. The van der Waals surface area contributed by atoms with Crippen LogP contribution in [0.25, 0.3) is 0 Å². The van der Waals surface area contributed by atoms with Crippen LogP contribution in [0.3, 0.4) is 0 Å². The van der Waals surface area contributed by atoms with Crippen molar-refractivity contribution in [2.75, 3.05) is 7.05 Å². The number of carbonyl (C=O) groups excluding carboxylic acids is 1. The number of aromatic nitrogens is 2. The SMILES string of the molecule is Cc1ccc(S(=O)(=O)n2cncc2CC(C(=O)O)N(C)C(=O)OC(C)(C)C)cc1. The van der Waals surface area contributed by atoms with Crippen LogP contribution in [-0.2, 0) is 26.0 Å². The standard InChI is InChI=1S/C19H25N3O6S/c1-13-6-8-15(9-7-13)29(26,27)22-12-20-11-14(22)10-16(17(23)24)21(5)18(25)28-19(2,3)4/h6-9,11-12,16H,10H2,1-5H3,(H,23,24). The molecule has 1 N–H and O–H groups in total. The number of ether oxygens (including phenoxy) is 1. The van der Waals surface area contributed by atoms with Gasteiger partial charge in [0.1, 0.15) is 18.0 Å². The number of rotatable bonds is 6. The van der Waals surface area contributed by atoms with E-state index in [2.05, 4.69) is 4.98 Å². The molecule has 1 heterocycles. The van der Waals surface area contributed by atoms with Gasteiger partial charge in [-0.25, -0.2) is 27.0 Å². The number of aliphatic carboxylic acids is 1. The lowest BCUT2D eigenvalue weighted by molar-refractivity contribution is -0.142. The molecule has 0 aliphatic heterocycles. The van der Waals surface area contributed by atoms with Crippen LogP contribution in [0.4, 0.5) is 4.79 Å². The number of carbonyl (C=O) groups is 2. The molecule has 0 aliphatic carbocycles. The van der Waals surface area contributed by atoms with Gasteiger partial charge in [0, 0.05) is 19.7 Å². The fourth-order valence-corrected chi connectivity index (χ4v) is 3.86. The number of imidazole rings is 1. The van der Waals surface area contributed by atoms with Crippen molar-refractivity contribution in [2.24, 2.45) is 0 Å². The molecule has 29 heavy (non-hydrogen) atoms. The number of likely N-dealkylation sites (N-methyl/N-ethyl adjacent to an activating group) is 1. The van der Waals surface area contributed by atoms with Gasteiger partial charge in [0.25, 0.3) is 10.0 Å². The minimum Gasteiger partial charge on any atom is -0.480 e. The number of hydrogen-bond acceptors (Lipinski definition) is 6. The van der Waals surface area contributed by atoms with E-state index >= 15 is 0 Å². The van der Waals surface area contributed by atoms with E-state index in [0.29, 0.717) is 0 Å². The molecule has 1 amide bonds. The summed E-state index contributed by atoms with van der Waals surface area (Å²) in [5.41, 5.74) is 0.235. The monoisotopic (exact) mass is 423 g/mol. The van der Waals surface area contributed by atoms with Crippen molar-refractivity contribution in [1.29, 1.82) is 0 Å². The van der Waals surface area contributed by atoms with Crippen molar-refractivity contribution in [1.82, 2.24) is 13.9 Å². The molecule has 158 valence electrons. The third kappa shape index (κ3) is 5.35. The fraction of sp³-hybridized carbons (Fsp3) is 0.421. The first kappa shape index (κ1) is 22.4. The molecule has 1 atom stereocenters. The van der Waals surface area contributed by atoms with Crippen LogP contribution in [0.15, 0.2) is 41.7 Å². The third-order valence-corrected chi connectivity index (χ3v) is 5.81. The van der Waals surface area contributed by atoms with E-state index in [1.54, 1.807) is 32.9 Å². The summed E-state index contributed by atoms with van der Waals surface area (Å²) in [4.78, 5) is 28.9. The lowest BCUT2D eigenvalue weighted by Crippen LogP contribution is -2.46. The Kier molecular flexibility index (Phi) is 6.37. The fourth-order valence-electron chi connectivity index (χ4n) is 2.54. The summed E-state index contributed by atoms with van der Waals surface area (Å²) in [5.74, 6) is -1.29. The van der Waals surface area contributed by atoms with Crippen LogP contribution in [0.2, 0.25) is 0 Å². The second-order valence-electron chi connectivity index (χ2n) is 7.65. The van der Waals surface area contributed by atoms with Gasteiger partial charge in [-0.15, -0.1) is 0 Å². The molecule has 1 unspecified atom stereocenters. The Morgan fingerprint density at radius 1 is 1.24 bits per heavy atom. The number of aryl methyl sites for hydroxylation is 1. The van der Waals surface area contributed by atoms with E-state index in [9.17, 15) is 23.1 Å². The number of carboxylic acids is 1. The predicted octanol–water partition coefficient (Wildman–Crippen LogP) is 2.29. The molecule has 9 nitrogen and oxygen atoms in total. The zero-order valence-corrected chi connectivity index (χ0v) is 17.8. The van der Waals surface area contributed by atoms with Gasteiger partial charge in [-0.2, -0.15) is 0 Å². The third-order valence-electron chi connectivity index (χ3n) is 4.09. The highest BCUT2D eigenvalue weighted by atomic mass is 32.2. The maximum absolute atomic E-state index is 12.9. The average Bonchev–Trinajstić information content (AvgIpc) is 3.07. The molecule has 0 fully saturated rings. The van der Waals surface area contributed by atoms with Crippen molar-refractivity contribution in [3.05, 3.63) is 48.0 Å². The Labute approximate surface area is 170 Å². The summed E-state index contributed by atoms with van der Waals surface area (Å²) in [7, 11) is -2.67. The van der Waals surface area contributed by atoms with Crippen molar-refractivity contribution < 1.29 is 27.9 Å². The molecule has 2 rings (SSSR count). The van der Waals surface area contributed by atoms with Gasteiger partial charge in [0.2, 0.25) is 0 Å². The van der Waals surface area contributed by atoms with E-state index < -0.39 is 33.7 Å². The van der Waals surface area contributed by atoms with Crippen molar-refractivity contribution in [3.8, 4) is 0 Å². The summed E-state index contributed by atoms with van der Waals surface area (Å²) in [5, 5.41) is 9.60. The number of nitrogens with zero attached hydrogens (tertiary/aromatic N) is 3. The quantitative estimate of drug-likeness (QED) is 0.757. The Bertz CT molecular complexity index is 990. The Balaban J connectivity index is 2.34. The summed E-state index contributed by atoms with van der Waals surface area (Å²) in [6.07, 6.45) is 1.29. The minimum atomic E-state index is -3.96. The topological polar surface area (TPSA) is 119 Å². The predicted molar refractivity (Wildman–Crippen MR) is 105 cm³/mol. The van der Waals surface area contributed by atoms with E-state index in [4.69, 9.17) is 4.74 Å². The lowest BCUT2D eigenvalue weighted by Gasteiger charge is -2.28. The molecule has 2 aromatic rings. The van der Waals surface area contributed by atoms with Crippen molar-refractivity contribution in [3.63, 3.8) is 0 Å². The van der Waals surface area contributed by atoms with Crippen molar-refractivity contribution in [2.45, 2.75) is 50.7 Å². The van der Waals surface area contributed by atoms with Gasteiger partial charge in [0.05, 0.1) is 10.6 Å². The Hall–Kier alpha value is -2.88. The van der Waals surface area contributed by atoms with E-state index in [1.165, 1.54) is 25.4 Å². The molecule has 10 heteroatoms. The van der Waals surface area contributed by atoms with Gasteiger partial charge in [0.15, 0.2) is 0 Å². The molecule has 1 aromatic carbocycles. The minimum absolute atomic E-state index is 0.0507. The van der Waals surface area contributed by atoms with Gasteiger partial charge < -0.3 is 9.84 Å². The van der Waals surface area contributed by atoms with E-state index in [0.717, 1.165) is 20.8 Å². The second kappa shape index (κ2) is 8.24. The number of hydrogen-bond donors (Lipinski definition) is 1. The maximum atomic E-state index is 12.9. The Morgan fingerprint density at radius 3 is 2.34 bits per heavy atom. The molecule has 0 saturated heterocycles. The molecular weight excluding hydrogens is 398 g/mol. The van der Waals surface area contributed by atoms with Crippen LogP contribution < -0.4 is 0 Å². The first-order valence-corrected chi connectivity index (χ1v) is 10.3. The zero-order valence-electron chi connectivity index (χ0n) is 17.0. The number of carboxylic acid groups (broad SMARTS) is 1. The second-order valence-corrected chi connectivity index (χ2v) is 9.46. The van der Waals surface area contributed by atoms with Crippen molar-refractivity contribution >= 4 is 22.1 Å². The number of benzene rings is 1. The molecule has 0 spiro atoms. The molecule has 1 aromatic heterocycles.